The van der Waals surface area contributed by atoms with Crippen LogP contribution in [0.4, 0.5) is 0 Å². The third kappa shape index (κ3) is 3.80. The molecule has 0 bridgehead atoms. The number of hydrogen-bond donors (Lipinski definition) is 1. The molecule has 0 amide bonds. The van der Waals surface area contributed by atoms with Crippen molar-refractivity contribution in [1.29, 1.82) is 0 Å². The summed E-state index contributed by atoms with van der Waals surface area (Å²) in [4.78, 5) is 0. The van der Waals surface area contributed by atoms with Gasteiger partial charge in [0.25, 0.3) is 0 Å². The van der Waals surface area contributed by atoms with Crippen molar-refractivity contribution in [2.75, 3.05) is 18.1 Å². The number of aliphatic hydroxyl groups excluding tert-OH is 1. The Morgan fingerprint density at radius 3 is 3.00 bits per heavy atom. The van der Waals surface area contributed by atoms with Gasteiger partial charge in [0, 0.05) is 12.4 Å². The van der Waals surface area contributed by atoms with Crippen LogP contribution in [0.1, 0.15) is 18.4 Å². The second-order valence-electron chi connectivity index (χ2n) is 4.20. The average molecular weight is 273 g/mol. The molecule has 1 aliphatic heterocycles. The molecule has 1 heterocycles. The Kier molecular flexibility index (Phi) is 5.01. The molecule has 94 valence electrons. The maximum Gasteiger partial charge on any atom is 0.138 e. The molecule has 4 heteroatoms. The molecule has 2 nitrogen and oxygen atoms in total. The Morgan fingerprint density at radius 1 is 1.47 bits per heavy atom. The van der Waals surface area contributed by atoms with Crippen molar-refractivity contribution in [3.8, 4) is 5.75 Å². The highest BCUT2D eigenvalue weighted by atomic mass is 35.5. The number of rotatable bonds is 4. The van der Waals surface area contributed by atoms with Gasteiger partial charge in [0.15, 0.2) is 0 Å². The van der Waals surface area contributed by atoms with Crippen molar-refractivity contribution < 1.29 is 9.84 Å². The molecule has 0 aliphatic carbocycles. The van der Waals surface area contributed by atoms with Crippen LogP contribution in [0.3, 0.4) is 0 Å². The van der Waals surface area contributed by atoms with Gasteiger partial charge in [-0.05, 0) is 42.7 Å². The molecule has 1 unspecified atom stereocenters. The summed E-state index contributed by atoms with van der Waals surface area (Å²) in [6, 6.07) is 5.75. The normalized spacial score (nSPS) is 20.2. The summed E-state index contributed by atoms with van der Waals surface area (Å²) in [7, 11) is 0. The molecule has 1 aromatic rings. The fraction of sp³-hybridized carbons (Fsp3) is 0.538. The molecule has 2 rings (SSSR count). The third-order valence-electron chi connectivity index (χ3n) is 2.81. The minimum atomic E-state index is 0.149. The van der Waals surface area contributed by atoms with Crippen LogP contribution < -0.4 is 4.74 Å². The van der Waals surface area contributed by atoms with Gasteiger partial charge in [0.05, 0.1) is 5.02 Å². The Morgan fingerprint density at radius 2 is 2.35 bits per heavy atom. The molecule has 0 aromatic heterocycles. The first-order valence-electron chi connectivity index (χ1n) is 5.93. The zero-order valence-electron chi connectivity index (χ0n) is 9.69. The molecule has 0 spiro atoms. The first-order chi connectivity index (χ1) is 8.29. The number of hydrogen-bond acceptors (Lipinski definition) is 3. The minimum Gasteiger partial charge on any atom is -0.488 e. The number of benzene rings is 1. The summed E-state index contributed by atoms with van der Waals surface area (Å²) in [5, 5.41) is 9.51. The lowest BCUT2D eigenvalue weighted by Crippen LogP contribution is -2.23. The molecule has 0 saturated carbocycles. The lowest BCUT2D eigenvalue weighted by molar-refractivity contribution is 0.211. The number of thioether (sulfide) groups is 1. The molecule has 1 fully saturated rings. The van der Waals surface area contributed by atoms with Gasteiger partial charge in [-0.3, -0.25) is 0 Å². The highest BCUT2D eigenvalue weighted by Gasteiger charge is 2.16. The molecule has 1 N–H and O–H groups in total. The highest BCUT2D eigenvalue weighted by Crippen LogP contribution is 2.29. The van der Waals surface area contributed by atoms with E-state index >= 15 is 0 Å². The number of ether oxygens (including phenoxy) is 1. The van der Waals surface area contributed by atoms with Gasteiger partial charge in [0.2, 0.25) is 0 Å². The van der Waals surface area contributed by atoms with E-state index in [1.807, 2.05) is 30.0 Å². The molecule has 1 aliphatic rings. The summed E-state index contributed by atoms with van der Waals surface area (Å²) in [5.41, 5.74) is 1.04. The van der Waals surface area contributed by atoms with Crippen molar-refractivity contribution in [2.24, 2.45) is 0 Å². The summed E-state index contributed by atoms with van der Waals surface area (Å²) in [6.45, 7) is 0.149. The maximum atomic E-state index is 8.86. The van der Waals surface area contributed by atoms with E-state index in [0.717, 1.165) is 23.5 Å². The van der Waals surface area contributed by atoms with Crippen LogP contribution in [-0.2, 0) is 6.42 Å². The summed E-state index contributed by atoms with van der Waals surface area (Å²) >= 11 is 8.11. The van der Waals surface area contributed by atoms with Crippen LogP contribution in [0.5, 0.6) is 5.75 Å². The van der Waals surface area contributed by atoms with E-state index in [1.165, 1.54) is 12.2 Å². The fourth-order valence-electron chi connectivity index (χ4n) is 1.91. The fourth-order valence-corrected chi connectivity index (χ4v) is 3.19. The Balaban J connectivity index is 2.00. The van der Waals surface area contributed by atoms with Gasteiger partial charge in [-0.25, -0.2) is 0 Å². The lowest BCUT2D eigenvalue weighted by Gasteiger charge is -2.23. The van der Waals surface area contributed by atoms with E-state index in [4.69, 9.17) is 21.4 Å². The average Bonchev–Trinajstić information content (AvgIpc) is 2.34. The molecule has 1 aromatic carbocycles. The van der Waals surface area contributed by atoms with Crippen LogP contribution in [0.15, 0.2) is 18.2 Å². The van der Waals surface area contributed by atoms with Gasteiger partial charge < -0.3 is 9.84 Å². The Bertz CT molecular complexity index is 364. The van der Waals surface area contributed by atoms with Crippen molar-refractivity contribution in [3.63, 3.8) is 0 Å². The molecular weight excluding hydrogens is 256 g/mol. The van der Waals surface area contributed by atoms with Gasteiger partial charge in [-0.1, -0.05) is 17.7 Å². The standard InChI is InChI=1S/C13H17ClO2S/c14-12-8-10(5-6-15)3-4-13(12)16-11-2-1-7-17-9-11/h3-4,8,11,15H,1-2,5-7,9H2. The van der Waals surface area contributed by atoms with Crippen molar-refractivity contribution >= 4 is 23.4 Å². The Hall–Kier alpha value is -0.380. The summed E-state index contributed by atoms with van der Waals surface area (Å²) in [5.74, 6) is 3.05. The number of aliphatic hydroxyl groups is 1. The SMILES string of the molecule is OCCc1ccc(OC2CCCSC2)c(Cl)c1. The van der Waals surface area contributed by atoms with E-state index in [1.54, 1.807) is 0 Å². The van der Waals surface area contributed by atoms with E-state index < -0.39 is 0 Å². The predicted molar refractivity (Wildman–Crippen MR) is 73.2 cm³/mol. The smallest absolute Gasteiger partial charge is 0.138 e. The zero-order valence-corrected chi connectivity index (χ0v) is 11.3. The quantitative estimate of drug-likeness (QED) is 0.913. The summed E-state index contributed by atoms with van der Waals surface area (Å²) < 4.78 is 5.90. The first kappa shape index (κ1) is 13.1. The zero-order chi connectivity index (χ0) is 12.1. The van der Waals surface area contributed by atoms with E-state index in [2.05, 4.69) is 0 Å². The lowest BCUT2D eigenvalue weighted by atomic mass is 10.1. The molecule has 17 heavy (non-hydrogen) atoms. The molecule has 0 radical (unpaired) electrons. The van der Waals surface area contributed by atoms with Crippen LogP contribution >= 0.6 is 23.4 Å². The van der Waals surface area contributed by atoms with Crippen molar-refractivity contribution in [2.45, 2.75) is 25.4 Å². The van der Waals surface area contributed by atoms with E-state index in [0.29, 0.717) is 11.4 Å². The second kappa shape index (κ2) is 6.53. The predicted octanol–water partition coefficient (Wildman–Crippen LogP) is 3.15. The van der Waals surface area contributed by atoms with Gasteiger partial charge in [-0.15, -0.1) is 0 Å². The largest absolute Gasteiger partial charge is 0.488 e. The first-order valence-corrected chi connectivity index (χ1v) is 7.46. The van der Waals surface area contributed by atoms with Crippen LogP contribution in [0.2, 0.25) is 5.02 Å². The van der Waals surface area contributed by atoms with E-state index in [-0.39, 0.29) is 12.7 Å². The maximum absolute atomic E-state index is 8.86. The molecule has 1 saturated heterocycles. The van der Waals surface area contributed by atoms with E-state index in [9.17, 15) is 0 Å². The molecule has 1 atom stereocenters. The van der Waals surface area contributed by atoms with Crippen molar-refractivity contribution in [1.82, 2.24) is 0 Å². The molecular formula is C13H17ClO2S. The monoisotopic (exact) mass is 272 g/mol. The van der Waals surface area contributed by atoms with Crippen LogP contribution in [0, 0.1) is 0 Å². The number of halogens is 1. The minimum absolute atomic E-state index is 0.149. The summed E-state index contributed by atoms with van der Waals surface area (Å²) in [6.07, 6.45) is 3.26. The highest BCUT2D eigenvalue weighted by molar-refractivity contribution is 7.99. The van der Waals surface area contributed by atoms with Gasteiger partial charge in [0.1, 0.15) is 11.9 Å². The van der Waals surface area contributed by atoms with Gasteiger partial charge >= 0.3 is 0 Å². The van der Waals surface area contributed by atoms with Gasteiger partial charge in [-0.2, -0.15) is 11.8 Å². The van der Waals surface area contributed by atoms with Crippen LogP contribution in [-0.4, -0.2) is 29.3 Å². The third-order valence-corrected chi connectivity index (χ3v) is 4.29. The van der Waals surface area contributed by atoms with Crippen LogP contribution in [0.25, 0.3) is 0 Å². The topological polar surface area (TPSA) is 29.5 Å². The van der Waals surface area contributed by atoms with Crippen molar-refractivity contribution in [3.05, 3.63) is 28.8 Å². The second-order valence-corrected chi connectivity index (χ2v) is 5.75. The Labute approximate surface area is 111 Å².